The van der Waals surface area contributed by atoms with Crippen molar-refractivity contribution in [3.05, 3.63) is 69.7 Å². The Kier molecular flexibility index (Phi) is 4.01. The summed E-state index contributed by atoms with van der Waals surface area (Å²) in [7, 11) is 0. The maximum absolute atomic E-state index is 14.0. The lowest BCUT2D eigenvalue weighted by Gasteiger charge is -2.20. The molecule has 6 heteroatoms. The summed E-state index contributed by atoms with van der Waals surface area (Å²) in [6.45, 7) is 0.231. The van der Waals surface area contributed by atoms with E-state index in [1.165, 1.54) is 4.90 Å². The molecule has 1 aliphatic heterocycles. The largest absolute Gasteiger partial charge is 0.318 e. The first-order chi connectivity index (χ1) is 11.0. The maximum atomic E-state index is 14.0. The van der Waals surface area contributed by atoms with Crippen molar-refractivity contribution in [2.75, 3.05) is 6.54 Å². The van der Waals surface area contributed by atoms with Crippen molar-refractivity contribution >= 4 is 17.5 Å². The van der Waals surface area contributed by atoms with E-state index in [2.05, 4.69) is 0 Å². The quantitative estimate of drug-likeness (QED) is 0.856. The smallest absolute Gasteiger partial charge is 0.255 e. The van der Waals surface area contributed by atoms with Crippen molar-refractivity contribution in [1.82, 2.24) is 4.90 Å². The molecule has 0 spiro atoms. The third-order valence-electron chi connectivity index (χ3n) is 3.85. The van der Waals surface area contributed by atoms with Crippen LogP contribution >= 0.6 is 11.6 Å². The Labute approximate surface area is 136 Å². The lowest BCUT2D eigenvalue weighted by molar-refractivity contribution is 0.0759. The fourth-order valence-corrected chi connectivity index (χ4v) is 2.86. The summed E-state index contributed by atoms with van der Waals surface area (Å²) in [4.78, 5) is 13.6. The van der Waals surface area contributed by atoms with Gasteiger partial charge >= 0.3 is 0 Å². The van der Waals surface area contributed by atoms with Crippen molar-refractivity contribution < 1.29 is 13.6 Å². The Hall–Kier alpha value is -2.45. The van der Waals surface area contributed by atoms with Crippen LogP contribution in [0, 0.1) is 23.0 Å². The average Bonchev–Trinajstić information content (AvgIpc) is 2.79. The number of halogens is 3. The first kappa shape index (κ1) is 15.4. The number of rotatable bonds is 3. The monoisotopic (exact) mass is 332 g/mol. The minimum Gasteiger partial charge on any atom is -0.318 e. The Balaban J connectivity index is 1.86. The molecule has 1 unspecified atom stereocenters. The summed E-state index contributed by atoms with van der Waals surface area (Å²) >= 11 is 5.82. The highest BCUT2D eigenvalue weighted by Crippen LogP contribution is 2.35. The van der Waals surface area contributed by atoms with Gasteiger partial charge < -0.3 is 4.90 Å². The van der Waals surface area contributed by atoms with Crippen LogP contribution in [-0.2, 0) is 6.42 Å². The molecule has 1 atom stereocenters. The molecule has 3 rings (SSSR count). The van der Waals surface area contributed by atoms with Gasteiger partial charge in [0, 0.05) is 23.2 Å². The molecule has 1 amide bonds. The molecular formula is C17H11ClF2N2O. The Morgan fingerprint density at radius 1 is 1.22 bits per heavy atom. The normalized spacial score (nSPS) is 16.3. The molecule has 0 radical (unpaired) electrons. The lowest BCUT2D eigenvalue weighted by Crippen LogP contribution is -2.29. The molecule has 0 saturated carbocycles. The van der Waals surface area contributed by atoms with Gasteiger partial charge in [-0.25, -0.2) is 8.78 Å². The second-order valence-corrected chi connectivity index (χ2v) is 5.69. The van der Waals surface area contributed by atoms with E-state index >= 15 is 0 Å². The summed E-state index contributed by atoms with van der Waals surface area (Å²) in [6.07, 6.45) is 0.485. The number of amides is 1. The topological polar surface area (TPSA) is 44.1 Å². The minimum absolute atomic E-state index is 0.0463. The number of carbonyl (C=O) groups is 1. The van der Waals surface area contributed by atoms with Crippen molar-refractivity contribution in [3.8, 4) is 6.07 Å². The second-order valence-electron chi connectivity index (χ2n) is 5.26. The van der Waals surface area contributed by atoms with Crippen LogP contribution in [0.3, 0.4) is 0 Å². The average molecular weight is 333 g/mol. The first-order valence-corrected chi connectivity index (χ1v) is 7.33. The second kappa shape index (κ2) is 5.98. The SMILES string of the molecule is N#CC1c2c(F)cc(F)cc2C(=O)N1CCc1ccc(Cl)cc1. The number of benzene rings is 2. The summed E-state index contributed by atoms with van der Waals surface area (Å²) in [5, 5.41) is 9.91. The van der Waals surface area contributed by atoms with Crippen molar-refractivity contribution in [2.45, 2.75) is 12.5 Å². The third kappa shape index (κ3) is 2.78. The summed E-state index contributed by atoms with van der Waals surface area (Å²) in [5.74, 6) is -2.22. The zero-order valence-corrected chi connectivity index (χ0v) is 12.6. The first-order valence-electron chi connectivity index (χ1n) is 6.95. The van der Waals surface area contributed by atoms with Crippen molar-refractivity contribution in [3.63, 3.8) is 0 Å². The standard InChI is InChI=1S/C17H11ClF2N2O/c18-11-3-1-10(2-4-11)5-6-22-15(9-21)16-13(17(22)23)7-12(19)8-14(16)20/h1-4,7-8,15H,5-6H2. The zero-order valence-electron chi connectivity index (χ0n) is 11.9. The molecule has 116 valence electrons. The van der Waals surface area contributed by atoms with E-state index in [0.29, 0.717) is 17.5 Å². The van der Waals surface area contributed by atoms with E-state index in [-0.39, 0.29) is 17.7 Å². The number of hydrogen-bond donors (Lipinski definition) is 0. The number of fused-ring (bicyclic) bond motifs is 1. The molecule has 1 aliphatic rings. The molecule has 1 heterocycles. The highest BCUT2D eigenvalue weighted by atomic mass is 35.5. The number of nitriles is 1. The van der Waals surface area contributed by atoms with Crippen LogP contribution in [0.25, 0.3) is 0 Å². The van der Waals surface area contributed by atoms with Gasteiger partial charge in [-0.1, -0.05) is 23.7 Å². The van der Waals surface area contributed by atoms with E-state index in [1.807, 2.05) is 18.2 Å². The fourth-order valence-electron chi connectivity index (χ4n) is 2.73. The van der Waals surface area contributed by atoms with Crippen LogP contribution in [0.1, 0.15) is 27.5 Å². The molecule has 23 heavy (non-hydrogen) atoms. The molecule has 0 saturated heterocycles. The van der Waals surface area contributed by atoms with Gasteiger partial charge in [-0.05, 0) is 30.2 Å². The van der Waals surface area contributed by atoms with Crippen LogP contribution in [0.5, 0.6) is 0 Å². The van der Waals surface area contributed by atoms with Gasteiger partial charge in [-0.2, -0.15) is 5.26 Å². The minimum atomic E-state index is -1.04. The van der Waals surface area contributed by atoms with Crippen LogP contribution in [0.15, 0.2) is 36.4 Å². The number of hydrogen-bond acceptors (Lipinski definition) is 2. The van der Waals surface area contributed by atoms with E-state index in [0.717, 1.165) is 11.6 Å². The molecule has 0 fully saturated rings. The molecule has 2 aromatic rings. The van der Waals surface area contributed by atoms with E-state index in [9.17, 15) is 18.8 Å². The molecule has 2 aromatic carbocycles. The van der Waals surface area contributed by atoms with Gasteiger partial charge in [0.25, 0.3) is 5.91 Å². The molecule has 0 aliphatic carbocycles. The number of carbonyl (C=O) groups excluding carboxylic acids is 1. The van der Waals surface area contributed by atoms with Gasteiger partial charge in [-0.15, -0.1) is 0 Å². The molecule has 3 nitrogen and oxygen atoms in total. The van der Waals surface area contributed by atoms with Crippen LogP contribution < -0.4 is 0 Å². The predicted molar refractivity (Wildman–Crippen MR) is 80.9 cm³/mol. The molecular weight excluding hydrogens is 322 g/mol. The Morgan fingerprint density at radius 3 is 2.57 bits per heavy atom. The Morgan fingerprint density at radius 2 is 1.91 bits per heavy atom. The molecule has 0 bridgehead atoms. The third-order valence-corrected chi connectivity index (χ3v) is 4.10. The molecule has 0 N–H and O–H groups in total. The van der Waals surface area contributed by atoms with Gasteiger partial charge in [0.1, 0.15) is 17.7 Å². The lowest BCUT2D eigenvalue weighted by atomic mass is 10.0. The van der Waals surface area contributed by atoms with Crippen LogP contribution in [-0.4, -0.2) is 17.4 Å². The van der Waals surface area contributed by atoms with E-state index < -0.39 is 23.6 Å². The van der Waals surface area contributed by atoms with E-state index in [1.54, 1.807) is 12.1 Å². The van der Waals surface area contributed by atoms with Gasteiger partial charge in [-0.3, -0.25) is 4.79 Å². The fraction of sp³-hybridized carbons (Fsp3) is 0.176. The highest BCUT2D eigenvalue weighted by Gasteiger charge is 2.39. The van der Waals surface area contributed by atoms with Gasteiger partial charge in [0.15, 0.2) is 0 Å². The Bertz CT molecular complexity index is 815. The highest BCUT2D eigenvalue weighted by molar-refractivity contribution is 6.30. The van der Waals surface area contributed by atoms with Crippen LogP contribution in [0.4, 0.5) is 8.78 Å². The summed E-state index contributed by atoms with van der Waals surface area (Å²) in [5.41, 5.74) is 0.807. The van der Waals surface area contributed by atoms with Crippen LogP contribution in [0.2, 0.25) is 5.02 Å². The van der Waals surface area contributed by atoms with Gasteiger partial charge in [0.2, 0.25) is 0 Å². The zero-order chi connectivity index (χ0) is 16.6. The van der Waals surface area contributed by atoms with E-state index in [4.69, 9.17) is 11.6 Å². The predicted octanol–water partition coefficient (Wildman–Crippen LogP) is 3.88. The molecule has 0 aromatic heterocycles. The van der Waals surface area contributed by atoms with Gasteiger partial charge in [0.05, 0.1) is 11.6 Å². The van der Waals surface area contributed by atoms with Crippen molar-refractivity contribution in [1.29, 1.82) is 5.26 Å². The number of nitrogens with zero attached hydrogens (tertiary/aromatic N) is 2. The summed E-state index contributed by atoms with van der Waals surface area (Å²) in [6, 6.07) is 9.66. The summed E-state index contributed by atoms with van der Waals surface area (Å²) < 4.78 is 27.3. The maximum Gasteiger partial charge on any atom is 0.255 e. The van der Waals surface area contributed by atoms with Crippen molar-refractivity contribution in [2.24, 2.45) is 0 Å².